The third kappa shape index (κ3) is 3.81. The molecule has 3 aromatic carbocycles. The van der Waals surface area contributed by atoms with Crippen molar-refractivity contribution in [2.24, 2.45) is 0 Å². The van der Waals surface area contributed by atoms with Crippen LogP contribution >= 0.6 is 27.5 Å². The van der Waals surface area contributed by atoms with Crippen molar-refractivity contribution < 1.29 is 4.74 Å². The standard InChI is InChI=1S/C22H15BrClN5O/c23-16-6-4-14(5-7-16)20-13-21(29-22(25-20)26-27-28-29)15-2-1-3-19(12-15)30-18-10-8-17(24)9-11-18/h1-13,21H,(H,25,26,28)/t21-/m1/s1. The second-order valence-electron chi connectivity index (χ2n) is 6.73. The zero-order chi connectivity index (χ0) is 20.5. The second-order valence-corrected chi connectivity index (χ2v) is 8.08. The maximum absolute atomic E-state index is 6.00. The van der Waals surface area contributed by atoms with E-state index in [1.165, 1.54) is 0 Å². The number of ether oxygens (including phenoxy) is 1. The first-order valence-corrected chi connectivity index (χ1v) is 10.4. The van der Waals surface area contributed by atoms with Crippen LogP contribution in [0.5, 0.6) is 11.5 Å². The van der Waals surface area contributed by atoms with Gasteiger partial charge in [-0.3, -0.25) is 0 Å². The average Bonchev–Trinajstić information content (AvgIpc) is 3.24. The van der Waals surface area contributed by atoms with Gasteiger partial charge in [-0.05, 0) is 76.2 Å². The van der Waals surface area contributed by atoms with E-state index >= 15 is 0 Å². The molecule has 0 fully saturated rings. The third-order valence-electron chi connectivity index (χ3n) is 4.73. The van der Waals surface area contributed by atoms with E-state index in [1.54, 1.807) is 16.8 Å². The maximum atomic E-state index is 6.00. The normalized spacial score (nSPS) is 15.1. The lowest BCUT2D eigenvalue weighted by Crippen LogP contribution is -2.20. The molecule has 4 aromatic rings. The number of nitrogens with one attached hydrogen (secondary N) is 1. The van der Waals surface area contributed by atoms with Crippen LogP contribution in [0.25, 0.3) is 5.70 Å². The second kappa shape index (κ2) is 7.93. The summed E-state index contributed by atoms with van der Waals surface area (Å²) in [4.78, 5) is 0. The maximum Gasteiger partial charge on any atom is 0.248 e. The van der Waals surface area contributed by atoms with Crippen LogP contribution in [0.15, 0.2) is 83.3 Å². The highest BCUT2D eigenvalue weighted by Crippen LogP contribution is 2.34. The summed E-state index contributed by atoms with van der Waals surface area (Å²) in [7, 11) is 0. The Morgan fingerprint density at radius 1 is 0.967 bits per heavy atom. The van der Waals surface area contributed by atoms with Crippen LogP contribution in [0.1, 0.15) is 17.2 Å². The first-order chi connectivity index (χ1) is 14.7. The molecule has 1 N–H and O–H groups in total. The lowest BCUT2D eigenvalue weighted by molar-refractivity contribution is 0.480. The molecule has 0 bridgehead atoms. The summed E-state index contributed by atoms with van der Waals surface area (Å²) in [5, 5.41) is 16.1. The molecule has 30 heavy (non-hydrogen) atoms. The molecule has 0 spiro atoms. The van der Waals surface area contributed by atoms with Gasteiger partial charge < -0.3 is 10.1 Å². The number of tetrazole rings is 1. The number of nitrogens with zero attached hydrogens (tertiary/aromatic N) is 4. The van der Waals surface area contributed by atoms with Gasteiger partial charge in [0, 0.05) is 15.2 Å². The minimum Gasteiger partial charge on any atom is -0.457 e. The average molecular weight is 481 g/mol. The van der Waals surface area contributed by atoms with Gasteiger partial charge >= 0.3 is 0 Å². The van der Waals surface area contributed by atoms with Crippen LogP contribution in [0.4, 0.5) is 5.95 Å². The molecular formula is C22H15BrClN5O. The fourth-order valence-corrected chi connectivity index (χ4v) is 3.68. The van der Waals surface area contributed by atoms with Gasteiger partial charge in [-0.2, -0.15) is 4.68 Å². The molecule has 2 heterocycles. The van der Waals surface area contributed by atoms with Crippen LogP contribution in [0, 0.1) is 0 Å². The van der Waals surface area contributed by atoms with E-state index < -0.39 is 0 Å². The van der Waals surface area contributed by atoms with Gasteiger partial charge in [0.05, 0.1) is 0 Å². The number of halogens is 2. The number of allylic oxidation sites excluding steroid dienone is 1. The first kappa shape index (κ1) is 18.8. The Labute approximate surface area is 186 Å². The number of rotatable bonds is 4. The quantitative estimate of drug-likeness (QED) is 0.392. The Morgan fingerprint density at radius 2 is 1.77 bits per heavy atom. The Hall–Kier alpha value is -3.16. The number of aromatic nitrogens is 4. The Morgan fingerprint density at radius 3 is 2.57 bits per heavy atom. The largest absolute Gasteiger partial charge is 0.457 e. The first-order valence-electron chi connectivity index (χ1n) is 9.22. The fourth-order valence-electron chi connectivity index (χ4n) is 3.29. The van der Waals surface area contributed by atoms with E-state index in [9.17, 15) is 0 Å². The number of fused-ring (bicyclic) bond motifs is 1. The van der Waals surface area contributed by atoms with E-state index in [-0.39, 0.29) is 6.04 Å². The summed E-state index contributed by atoms with van der Waals surface area (Å²) < 4.78 is 8.78. The van der Waals surface area contributed by atoms with Crippen LogP contribution in [-0.2, 0) is 0 Å². The Balaban J connectivity index is 1.50. The molecule has 6 nitrogen and oxygen atoms in total. The molecule has 8 heteroatoms. The van der Waals surface area contributed by atoms with Crippen molar-refractivity contribution in [1.82, 2.24) is 20.2 Å². The monoisotopic (exact) mass is 479 g/mol. The third-order valence-corrected chi connectivity index (χ3v) is 5.51. The highest BCUT2D eigenvalue weighted by atomic mass is 79.9. The molecule has 1 atom stereocenters. The molecule has 0 amide bonds. The molecule has 0 saturated heterocycles. The van der Waals surface area contributed by atoms with Crippen molar-refractivity contribution in [1.29, 1.82) is 0 Å². The van der Waals surface area contributed by atoms with E-state index in [0.29, 0.717) is 11.0 Å². The SMILES string of the molecule is Clc1ccc(Oc2cccc([C@H]3C=C(c4ccc(Br)cc4)Nc4nnnn43)c2)cc1. The molecule has 1 aromatic heterocycles. The highest BCUT2D eigenvalue weighted by Gasteiger charge is 2.24. The molecule has 0 radical (unpaired) electrons. The molecule has 5 rings (SSSR count). The number of hydrogen-bond acceptors (Lipinski definition) is 5. The van der Waals surface area contributed by atoms with Crippen molar-refractivity contribution in [3.63, 3.8) is 0 Å². The topological polar surface area (TPSA) is 64.9 Å². The summed E-state index contributed by atoms with van der Waals surface area (Å²) in [6, 6.07) is 23.1. The summed E-state index contributed by atoms with van der Waals surface area (Å²) in [5.41, 5.74) is 3.00. The number of benzene rings is 3. The molecular weight excluding hydrogens is 466 g/mol. The van der Waals surface area contributed by atoms with E-state index in [2.05, 4.69) is 42.8 Å². The summed E-state index contributed by atoms with van der Waals surface area (Å²) in [6.45, 7) is 0. The molecule has 0 saturated carbocycles. The Bertz CT molecular complexity index is 1220. The minimum atomic E-state index is -0.177. The smallest absolute Gasteiger partial charge is 0.248 e. The lowest BCUT2D eigenvalue weighted by Gasteiger charge is -2.24. The van der Waals surface area contributed by atoms with E-state index in [0.717, 1.165) is 32.8 Å². The van der Waals surface area contributed by atoms with Crippen molar-refractivity contribution >= 4 is 39.2 Å². The van der Waals surface area contributed by atoms with Gasteiger partial charge in [0.2, 0.25) is 5.95 Å². The number of hydrogen-bond donors (Lipinski definition) is 1. The van der Waals surface area contributed by atoms with Crippen molar-refractivity contribution in [2.75, 3.05) is 5.32 Å². The summed E-state index contributed by atoms with van der Waals surface area (Å²) in [5.74, 6) is 2.03. The molecule has 148 valence electrons. The van der Waals surface area contributed by atoms with E-state index in [4.69, 9.17) is 16.3 Å². The van der Waals surface area contributed by atoms with Crippen molar-refractivity contribution in [2.45, 2.75) is 6.04 Å². The predicted octanol–water partition coefficient (Wildman–Crippen LogP) is 5.94. The number of anilines is 1. The van der Waals surface area contributed by atoms with Gasteiger partial charge in [0.1, 0.15) is 17.5 Å². The predicted molar refractivity (Wildman–Crippen MR) is 120 cm³/mol. The van der Waals surface area contributed by atoms with Gasteiger partial charge in [-0.25, -0.2) is 0 Å². The molecule has 1 aliphatic rings. The van der Waals surface area contributed by atoms with Crippen LogP contribution in [0.3, 0.4) is 0 Å². The summed E-state index contributed by atoms with van der Waals surface area (Å²) >= 11 is 9.44. The van der Waals surface area contributed by atoms with Crippen molar-refractivity contribution in [3.05, 3.63) is 99.5 Å². The highest BCUT2D eigenvalue weighted by molar-refractivity contribution is 9.10. The fraction of sp³-hybridized carbons (Fsp3) is 0.0455. The van der Waals surface area contributed by atoms with Gasteiger partial charge in [-0.1, -0.05) is 56.9 Å². The zero-order valence-corrected chi connectivity index (χ0v) is 17.9. The van der Waals surface area contributed by atoms with Crippen LogP contribution in [0.2, 0.25) is 5.02 Å². The lowest BCUT2D eigenvalue weighted by atomic mass is 10.0. The minimum absolute atomic E-state index is 0.177. The molecule has 1 aliphatic heterocycles. The Kier molecular flexibility index (Phi) is 4.98. The van der Waals surface area contributed by atoms with Crippen LogP contribution in [-0.4, -0.2) is 20.2 Å². The molecule has 0 aliphatic carbocycles. The summed E-state index contributed by atoms with van der Waals surface area (Å²) in [6.07, 6.45) is 2.11. The van der Waals surface area contributed by atoms with Crippen LogP contribution < -0.4 is 10.1 Å². The van der Waals surface area contributed by atoms with Gasteiger partial charge in [0.15, 0.2) is 0 Å². The zero-order valence-electron chi connectivity index (χ0n) is 15.5. The van der Waals surface area contributed by atoms with Crippen molar-refractivity contribution in [3.8, 4) is 11.5 Å². The van der Waals surface area contributed by atoms with Gasteiger partial charge in [0.25, 0.3) is 0 Å². The molecule has 0 unspecified atom stereocenters. The van der Waals surface area contributed by atoms with Gasteiger partial charge in [-0.15, -0.1) is 0 Å². The van der Waals surface area contributed by atoms with E-state index in [1.807, 2.05) is 60.7 Å².